The Labute approximate surface area is 221 Å². The van der Waals surface area contributed by atoms with Gasteiger partial charge in [0.1, 0.15) is 5.76 Å². The van der Waals surface area contributed by atoms with Crippen LogP contribution in [0.15, 0.2) is 70.2 Å². The van der Waals surface area contributed by atoms with Crippen LogP contribution < -0.4 is 4.90 Å². The van der Waals surface area contributed by atoms with Gasteiger partial charge in [0.15, 0.2) is 5.13 Å². The molecule has 0 unspecified atom stereocenters. The SMILES string of the molecule is O=C(c1ccc(S(=O)(=O)N2CCCCCC2)cc1)N(Cc1ccco1)c1nc2c(C(F)(F)F)cccc2s1. The molecule has 4 aromatic rings. The van der Waals surface area contributed by atoms with Crippen molar-refractivity contribution in [3.63, 3.8) is 0 Å². The molecule has 0 bridgehead atoms. The number of nitrogens with zero attached hydrogens (tertiary/aromatic N) is 3. The minimum absolute atomic E-state index is 0.0686. The van der Waals surface area contributed by atoms with E-state index in [9.17, 15) is 26.4 Å². The number of carbonyl (C=O) groups excluding carboxylic acids is 1. The summed E-state index contributed by atoms with van der Waals surface area (Å²) < 4.78 is 74.1. The number of fused-ring (bicyclic) bond motifs is 1. The second-order valence-electron chi connectivity index (χ2n) is 8.96. The van der Waals surface area contributed by atoms with Gasteiger partial charge in [-0.15, -0.1) is 0 Å². The largest absolute Gasteiger partial charge is 0.467 e. The summed E-state index contributed by atoms with van der Waals surface area (Å²) in [5.74, 6) is -0.137. The minimum Gasteiger partial charge on any atom is -0.467 e. The number of furan rings is 1. The van der Waals surface area contributed by atoms with Crippen molar-refractivity contribution in [2.24, 2.45) is 0 Å². The van der Waals surface area contributed by atoms with Crippen molar-refractivity contribution in [3.05, 3.63) is 77.7 Å². The van der Waals surface area contributed by atoms with Crippen LogP contribution in [0.2, 0.25) is 0 Å². The molecule has 38 heavy (non-hydrogen) atoms. The van der Waals surface area contributed by atoms with E-state index in [4.69, 9.17) is 4.42 Å². The van der Waals surface area contributed by atoms with Crippen LogP contribution in [0.5, 0.6) is 0 Å². The van der Waals surface area contributed by atoms with E-state index in [0.29, 0.717) is 18.8 Å². The molecule has 1 amide bonds. The highest BCUT2D eigenvalue weighted by molar-refractivity contribution is 7.89. The third kappa shape index (κ3) is 5.33. The number of anilines is 1. The molecular formula is C26H24F3N3O4S2. The van der Waals surface area contributed by atoms with Crippen LogP contribution in [0.25, 0.3) is 10.2 Å². The topological polar surface area (TPSA) is 83.7 Å². The summed E-state index contributed by atoms with van der Waals surface area (Å²) in [5.41, 5.74) is -0.955. The summed E-state index contributed by atoms with van der Waals surface area (Å²) in [6, 6.07) is 12.7. The molecule has 0 spiro atoms. The van der Waals surface area contributed by atoms with Crippen LogP contribution in [0.4, 0.5) is 18.3 Å². The molecule has 1 saturated heterocycles. The van der Waals surface area contributed by atoms with E-state index in [1.807, 2.05) is 0 Å². The average Bonchev–Trinajstić information content (AvgIpc) is 3.48. The lowest BCUT2D eigenvalue weighted by atomic mass is 10.2. The van der Waals surface area contributed by atoms with Crippen LogP contribution in [0.1, 0.15) is 47.4 Å². The van der Waals surface area contributed by atoms with E-state index in [2.05, 4.69) is 4.98 Å². The second kappa shape index (κ2) is 10.5. The van der Waals surface area contributed by atoms with Crippen LogP contribution in [-0.4, -0.2) is 36.7 Å². The molecule has 0 atom stereocenters. The first-order chi connectivity index (χ1) is 18.1. The molecule has 0 radical (unpaired) electrons. The van der Waals surface area contributed by atoms with Gasteiger partial charge in [-0.05, 0) is 61.4 Å². The van der Waals surface area contributed by atoms with Gasteiger partial charge in [0.05, 0.1) is 33.5 Å². The van der Waals surface area contributed by atoms with Crippen LogP contribution >= 0.6 is 11.3 Å². The predicted molar refractivity (Wildman–Crippen MR) is 138 cm³/mol. The fraction of sp³-hybridized carbons (Fsp3) is 0.308. The molecule has 2 aromatic carbocycles. The number of benzene rings is 2. The van der Waals surface area contributed by atoms with Gasteiger partial charge in [-0.25, -0.2) is 13.4 Å². The fourth-order valence-electron chi connectivity index (χ4n) is 4.42. The first kappa shape index (κ1) is 26.4. The van der Waals surface area contributed by atoms with Crippen molar-refractivity contribution < 1.29 is 30.8 Å². The van der Waals surface area contributed by atoms with Gasteiger partial charge >= 0.3 is 6.18 Å². The highest BCUT2D eigenvalue weighted by atomic mass is 32.2. The molecule has 12 heteroatoms. The van der Waals surface area contributed by atoms with Gasteiger partial charge in [0, 0.05) is 18.7 Å². The number of aromatic nitrogens is 1. The molecule has 200 valence electrons. The molecule has 1 aliphatic heterocycles. The Balaban J connectivity index is 1.48. The second-order valence-corrected chi connectivity index (χ2v) is 11.9. The van der Waals surface area contributed by atoms with E-state index < -0.39 is 27.7 Å². The Morgan fingerprint density at radius 2 is 1.71 bits per heavy atom. The Bertz CT molecular complexity index is 1520. The Morgan fingerprint density at radius 3 is 2.34 bits per heavy atom. The molecule has 5 rings (SSSR count). The zero-order valence-corrected chi connectivity index (χ0v) is 21.8. The number of rotatable bonds is 6. The molecular weight excluding hydrogens is 539 g/mol. The van der Waals surface area contributed by atoms with Gasteiger partial charge in [0.2, 0.25) is 10.0 Å². The Morgan fingerprint density at radius 1 is 1.00 bits per heavy atom. The normalized spacial score (nSPS) is 15.4. The number of sulfonamides is 1. The quantitative estimate of drug-likeness (QED) is 0.274. The molecule has 7 nitrogen and oxygen atoms in total. The lowest BCUT2D eigenvalue weighted by Crippen LogP contribution is -2.32. The fourth-order valence-corrected chi connectivity index (χ4v) is 6.93. The number of hydrogen-bond acceptors (Lipinski definition) is 6. The first-order valence-electron chi connectivity index (χ1n) is 12.1. The third-order valence-corrected chi connectivity index (χ3v) is 9.34. The number of halogens is 3. The number of thiazole rings is 1. The highest BCUT2D eigenvalue weighted by Crippen LogP contribution is 2.39. The average molecular weight is 564 g/mol. The van der Waals surface area contributed by atoms with Crippen molar-refractivity contribution in [2.75, 3.05) is 18.0 Å². The monoisotopic (exact) mass is 563 g/mol. The zero-order chi connectivity index (χ0) is 26.9. The van der Waals surface area contributed by atoms with Crippen LogP contribution in [-0.2, 0) is 22.7 Å². The summed E-state index contributed by atoms with van der Waals surface area (Å²) >= 11 is 0.958. The van der Waals surface area contributed by atoms with Gasteiger partial charge in [-0.2, -0.15) is 17.5 Å². The van der Waals surface area contributed by atoms with Crippen molar-refractivity contribution >= 4 is 42.6 Å². The zero-order valence-electron chi connectivity index (χ0n) is 20.1. The van der Waals surface area contributed by atoms with Gasteiger partial charge in [0.25, 0.3) is 5.91 Å². The van der Waals surface area contributed by atoms with E-state index in [0.717, 1.165) is 43.1 Å². The molecule has 0 N–H and O–H groups in total. The van der Waals surface area contributed by atoms with Crippen molar-refractivity contribution in [2.45, 2.75) is 43.3 Å². The molecule has 3 heterocycles. The minimum atomic E-state index is -4.60. The molecule has 0 aliphatic carbocycles. The number of carbonyl (C=O) groups is 1. The number of amides is 1. The number of alkyl halides is 3. The maximum absolute atomic E-state index is 13.6. The predicted octanol–water partition coefficient (Wildman–Crippen LogP) is 6.32. The van der Waals surface area contributed by atoms with E-state index in [1.54, 1.807) is 12.1 Å². The van der Waals surface area contributed by atoms with Crippen LogP contribution in [0, 0.1) is 0 Å². The van der Waals surface area contributed by atoms with Crippen molar-refractivity contribution in [1.82, 2.24) is 9.29 Å². The van der Waals surface area contributed by atoms with E-state index in [-0.39, 0.29) is 32.4 Å². The number of para-hydroxylation sites is 1. The summed E-state index contributed by atoms with van der Waals surface area (Å²) in [6.07, 6.45) is 0.407. The lowest BCUT2D eigenvalue weighted by molar-refractivity contribution is -0.136. The molecule has 0 saturated carbocycles. The number of hydrogen-bond donors (Lipinski definition) is 0. The van der Waals surface area contributed by atoms with Gasteiger partial charge in [-0.1, -0.05) is 30.2 Å². The standard InChI is InChI=1S/C26H24F3N3O4S2/c27-26(28,29)21-8-5-9-22-23(21)30-25(37-22)32(17-19-7-6-16-36-19)24(33)18-10-12-20(13-11-18)38(34,35)31-14-3-1-2-4-15-31/h5-13,16H,1-4,14-15,17H2. The lowest BCUT2D eigenvalue weighted by Gasteiger charge is -2.21. The summed E-state index contributed by atoms with van der Waals surface area (Å²) in [5, 5.41) is 0.0689. The van der Waals surface area contributed by atoms with Gasteiger partial charge in [-0.3, -0.25) is 9.69 Å². The van der Waals surface area contributed by atoms with E-state index in [1.165, 1.54) is 51.9 Å². The maximum Gasteiger partial charge on any atom is 0.418 e. The third-order valence-electron chi connectivity index (χ3n) is 6.39. The molecule has 1 aliphatic rings. The summed E-state index contributed by atoms with van der Waals surface area (Å²) in [6.45, 7) is 0.843. The summed E-state index contributed by atoms with van der Waals surface area (Å²) in [4.78, 5) is 19.1. The Hall–Kier alpha value is -3.22. The van der Waals surface area contributed by atoms with Crippen LogP contribution in [0.3, 0.4) is 0 Å². The van der Waals surface area contributed by atoms with Crippen molar-refractivity contribution in [1.29, 1.82) is 0 Å². The molecule has 2 aromatic heterocycles. The summed E-state index contributed by atoms with van der Waals surface area (Å²) in [7, 11) is -3.70. The van der Waals surface area contributed by atoms with E-state index >= 15 is 0 Å². The highest BCUT2D eigenvalue weighted by Gasteiger charge is 2.34. The molecule has 1 fully saturated rings. The first-order valence-corrected chi connectivity index (χ1v) is 14.3. The van der Waals surface area contributed by atoms with Crippen molar-refractivity contribution in [3.8, 4) is 0 Å². The smallest absolute Gasteiger partial charge is 0.418 e. The van der Waals surface area contributed by atoms with Gasteiger partial charge < -0.3 is 4.42 Å². The Kier molecular flexibility index (Phi) is 7.30. The maximum atomic E-state index is 13.6.